The highest BCUT2D eigenvalue weighted by molar-refractivity contribution is 5.92. The zero-order chi connectivity index (χ0) is 21.1. The van der Waals surface area contributed by atoms with Gasteiger partial charge in [-0.15, -0.1) is 12.4 Å². The van der Waals surface area contributed by atoms with Crippen LogP contribution in [0.3, 0.4) is 0 Å². The van der Waals surface area contributed by atoms with Crippen LogP contribution in [0.4, 0.5) is 11.4 Å². The molecule has 2 heterocycles. The topological polar surface area (TPSA) is 96.3 Å². The number of aromatic nitrogens is 2. The molecule has 0 atom stereocenters. The second-order valence-corrected chi connectivity index (χ2v) is 7.47. The Balaban J connectivity index is 0.00000272. The summed E-state index contributed by atoms with van der Waals surface area (Å²) in [6, 6.07) is 15.4. The average molecular weight is 439 g/mol. The van der Waals surface area contributed by atoms with Gasteiger partial charge >= 0.3 is 0 Å². The number of aryl methyl sites for hydroxylation is 2. The van der Waals surface area contributed by atoms with Gasteiger partial charge in [0.25, 0.3) is 0 Å². The Labute approximate surface area is 188 Å². The van der Waals surface area contributed by atoms with E-state index in [2.05, 4.69) is 9.97 Å². The molecule has 4 N–H and O–H groups in total. The molecule has 0 aliphatic carbocycles. The molecule has 0 aliphatic rings. The lowest BCUT2D eigenvalue weighted by atomic mass is 10.1. The van der Waals surface area contributed by atoms with E-state index in [1.54, 1.807) is 0 Å². The summed E-state index contributed by atoms with van der Waals surface area (Å²) < 4.78 is 11.7. The number of ether oxygens (including phenoxy) is 2. The summed E-state index contributed by atoms with van der Waals surface area (Å²) in [7, 11) is 0. The minimum absolute atomic E-state index is 0. The van der Waals surface area contributed by atoms with Gasteiger partial charge in [0.05, 0.1) is 24.2 Å². The Bertz CT molecular complexity index is 1120. The number of halogens is 1. The summed E-state index contributed by atoms with van der Waals surface area (Å²) in [6.07, 6.45) is 1.77. The second kappa shape index (κ2) is 9.71. The molecule has 0 aliphatic heterocycles. The van der Waals surface area contributed by atoms with Gasteiger partial charge in [-0.25, -0.2) is 0 Å². The third kappa shape index (κ3) is 5.27. The third-order valence-corrected chi connectivity index (χ3v) is 4.96. The van der Waals surface area contributed by atoms with E-state index in [0.717, 1.165) is 68.9 Å². The van der Waals surface area contributed by atoms with E-state index in [0.29, 0.717) is 13.2 Å². The Hall–Kier alpha value is -3.25. The number of nitrogen functional groups attached to an aromatic ring is 2. The molecular formula is C24H27ClN4O2. The number of hydrogen-bond donors (Lipinski definition) is 2. The first kappa shape index (κ1) is 22.4. The van der Waals surface area contributed by atoms with Crippen molar-refractivity contribution in [1.29, 1.82) is 0 Å². The third-order valence-electron chi connectivity index (χ3n) is 4.96. The lowest BCUT2D eigenvalue weighted by molar-refractivity contribution is 0.267. The maximum absolute atomic E-state index is 6.10. The fourth-order valence-corrected chi connectivity index (χ4v) is 3.50. The molecule has 4 aromatic rings. The first-order valence-corrected chi connectivity index (χ1v) is 10.1. The van der Waals surface area contributed by atoms with Crippen LogP contribution in [0.2, 0.25) is 0 Å². The Morgan fingerprint density at radius 3 is 1.52 bits per heavy atom. The van der Waals surface area contributed by atoms with E-state index < -0.39 is 0 Å². The molecule has 0 amide bonds. The van der Waals surface area contributed by atoms with Crippen molar-refractivity contribution in [1.82, 2.24) is 9.97 Å². The highest BCUT2D eigenvalue weighted by atomic mass is 35.5. The molecule has 0 spiro atoms. The van der Waals surface area contributed by atoms with E-state index in [1.165, 1.54) is 0 Å². The molecule has 0 unspecified atom stereocenters. The smallest absolute Gasteiger partial charge is 0.120 e. The number of unbranched alkanes of at least 4 members (excludes halogenated alkanes) is 1. The van der Waals surface area contributed by atoms with Crippen molar-refractivity contribution in [2.75, 3.05) is 24.7 Å². The fraction of sp³-hybridized carbons (Fsp3) is 0.250. The lowest BCUT2D eigenvalue weighted by Crippen LogP contribution is -2.03. The first-order chi connectivity index (χ1) is 14.5. The summed E-state index contributed by atoms with van der Waals surface area (Å²) in [6.45, 7) is 5.10. The van der Waals surface area contributed by atoms with Crippen molar-refractivity contribution in [3.05, 3.63) is 59.9 Å². The fourth-order valence-electron chi connectivity index (χ4n) is 3.50. The molecule has 0 bridgehead atoms. The van der Waals surface area contributed by atoms with Crippen LogP contribution in [0, 0.1) is 13.8 Å². The molecule has 4 rings (SSSR count). The van der Waals surface area contributed by atoms with Gasteiger partial charge in [-0.05, 0) is 75.2 Å². The minimum atomic E-state index is 0. The number of benzene rings is 2. The largest absolute Gasteiger partial charge is 0.494 e. The zero-order valence-corrected chi connectivity index (χ0v) is 18.5. The van der Waals surface area contributed by atoms with Crippen LogP contribution in [-0.4, -0.2) is 23.2 Å². The number of fused-ring (bicyclic) bond motifs is 2. The van der Waals surface area contributed by atoms with E-state index >= 15 is 0 Å². The number of nitrogens with two attached hydrogens (primary N) is 2. The summed E-state index contributed by atoms with van der Waals surface area (Å²) in [5.74, 6) is 1.60. The van der Waals surface area contributed by atoms with Crippen molar-refractivity contribution >= 4 is 45.6 Å². The van der Waals surface area contributed by atoms with Crippen molar-refractivity contribution < 1.29 is 9.47 Å². The molecule has 7 heteroatoms. The van der Waals surface area contributed by atoms with E-state index in [1.807, 2.05) is 62.4 Å². The number of anilines is 2. The minimum Gasteiger partial charge on any atom is -0.494 e. The van der Waals surface area contributed by atoms with Crippen LogP contribution in [0.25, 0.3) is 21.8 Å². The van der Waals surface area contributed by atoms with Gasteiger partial charge in [-0.3, -0.25) is 9.97 Å². The molecule has 0 saturated heterocycles. The van der Waals surface area contributed by atoms with Crippen molar-refractivity contribution in [2.45, 2.75) is 26.7 Å². The van der Waals surface area contributed by atoms with Crippen LogP contribution >= 0.6 is 12.4 Å². The molecule has 31 heavy (non-hydrogen) atoms. The molecule has 6 nitrogen and oxygen atoms in total. The van der Waals surface area contributed by atoms with Crippen LogP contribution in [0.15, 0.2) is 48.5 Å². The van der Waals surface area contributed by atoms with Gasteiger partial charge < -0.3 is 20.9 Å². The predicted octanol–water partition coefficient (Wildman–Crippen LogP) is 5.22. The predicted molar refractivity (Wildman–Crippen MR) is 129 cm³/mol. The van der Waals surface area contributed by atoms with E-state index in [-0.39, 0.29) is 12.4 Å². The molecule has 0 radical (unpaired) electrons. The van der Waals surface area contributed by atoms with Crippen molar-refractivity contribution in [3.63, 3.8) is 0 Å². The monoisotopic (exact) mass is 438 g/mol. The SMILES string of the molecule is Cc1cc(N)c2cc(OCCCCOc3ccc4nc(C)cc(N)c4c3)ccc2n1.Cl. The Kier molecular flexibility index (Phi) is 7.02. The van der Waals surface area contributed by atoms with Crippen LogP contribution < -0.4 is 20.9 Å². The second-order valence-electron chi connectivity index (χ2n) is 7.47. The molecule has 0 fully saturated rings. The first-order valence-electron chi connectivity index (χ1n) is 10.1. The zero-order valence-electron chi connectivity index (χ0n) is 17.7. The Morgan fingerprint density at radius 2 is 1.10 bits per heavy atom. The maximum Gasteiger partial charge on any atom is 0.120 e. The highest BCUT2D eigenvalue weighted by Gasteiger charge is 2.05. The number of pyridine rings is 2. The van der Waals surface area contributed by atoms with Gasteiger partial charge in [-0.2, -0.15) is 0 Å². The lowest BCUT2D eigenvalue weighted by Gasteiger charge is -2.10. The van der Waals surface area contributed by atoms with Crippen LogP contribution in [0.1, 0.15) is 24.2 Å². The standard InChI is InChI=1S/C24H26N4O2.ClH/c1-15-11-21(25)19-13-17(5-7-23(19)27-15)29-9-3-4-10-30-18-6-8-24-20(14-18)22(26)12-16(2)28-24;/h5-8,11-14H,3-4,9-10H2,1-2H3,(H2,25,27)(H2,26,28);1H. The summed E-state index contributed by atoms with van der Waals surface area (Å²) in [4.78, 5) is 8.98. The number of rotatable bonds is 7. The number of hydrogen-bond acceptors (Lipinski definition) is 6. The highest BCUT2D eigenvalue weighted by Crippen LogP contribution is 2.26. The molecule has 2 aromatic carbocycles. The van der Waals surface area contributed by atoms with E-state index in [9.17, 15) is 0 Å². The molecule has 162 valence electrons. The van der Waals surface area contributed by atoms with Crippen LogP contribution in [0.5, 0.6) is 11.5 Å². The van der Waals surface area contributed by atoms with Crippen LogP contribution in [-0.2, 0) is 0 Å². The maximum atomic E-state index is 6.10. The van der Waals surface area contributed by atoms with Crippen molar-refractivity contribution in [2.24, 2.45) is 0 Å². The Morgan fingerprint density at radius 1 is 0.677 bits per heavy atom. The quantitative estimate of drug-likeness (QED) is 0.384. The van der Waals surface area contributed by atoms with Gasteiger partial charge in [0, 0.05) is 33.5 Å². The molecular weight excluding hydrogens is 412 g/mol. The summed E-state index contributed by atoms with van der Waals surface area (Å²) in [5, 5.41) is 1.84. The summed E-state index contributed by atoms with van der Waals surface area (Å²) >= 11 is 0. The summed E-state index contributed by atoms with van der Waals surface area (Å²) in [5.41, 5.74) is 17.2. The van der Waals surface area contributed by atoms with Gasteiger partial charge in [-0.1, -0.05) is 0 Å². The van der Waals surface area contributed by atoms with Gasteiger partial charge in [0.2, 0.25) is 0 Å². The average Bonchev–Trinajstić information content (AvgIpc) is 2.71. The van der Waals surface area contributed by atoms with E-state index in [4.69, 9.17) is 20.9 Å². The molecule has 2 aromatic heterocycles. The normalized spacial score (nSPS) is 10.8. The number of nitrogens with zero attached hydrogens (tertiary/aromatic N) is 2. The van der Waals surface area contributed by atoms with Gasteiger partial charge in [0.1, 0.15) is 11.5 Å². The molecule has 0 saturated carbocycles. The van der Waals surface area contributed by atoms with Gasteiger partial charge in [0.15, 0.2) is 0 Å². The van der Waals surface area contributed by atoms with Crippen molar-refractivity contribution in [3.8, 4) is 11.5 Å².